The lowest BCUT2D eigenvalue weighted by atomic mass is 9.87. The smallest absolute Gasteiger partial charge is 0.270 e. The fourth-order valence-electron chi connectivity index (χ4n) is 9.77. The van der Waals surface area contributed by atoms with Crippen LogP contribution in [-0.4, -0.2) is 135 Å². The van der Waals surface area contributed by atoms with Gasteiger partial charge in [0.05, 0.1) is 11.9 Å². The first-order valence-corrected chi connectivity index (χ1v) is 21.6. The first kappa shape index (κ1) is 40.4. The van der Waals surface area contributed by atoms with Crippen molar-refractivity contribution in [3.8, 4) is 0 Å². The van der Waals surface area contributed by atoms with Crippen LogP contribution in [0.4, 0.5) is 21.8 Å². The number of imide groups is 1. The molecule has 61 heavy (non-hydrogen) atoms. The van der Waals surface area contributed by atoms with E-state index in [0.29, 0.717) is 67.7 Å². The van der Waals surface area contributed by atoms with Crippen LogP contribution in [0.3, 0.4) is 0 Å². The number of piperazine rings is 1. The molecular formula is C44H52FN11O5. The zero-order chi connectivity index (χ0) is 42.4. The number of carbonyl (C=O) groups is 5. The Balaban J connectivity index is 0.736. The molecule has 1 saturated carbocycles. The highest BCUT2D eigenvalue weighted by molar-refractivity contribution is 6.05. The number of hydrogen-bond donors (Lipinski definition) is 2. The van der Waals surface area contributed by atoms with E-state index in [4.69, 9.17) is 4.98 Å². The number of benzene rings is 1. The third-order valence-electron chi connectivity index (χ3n) is 13.2. The minimum atomic E-state index is -0.736. The van der Waals surface area contributed by atoms with Crippen LogP contribution in [0, 0.1) is 5.82 Å². The van der Waals surface area contributed by atoms with E-state index in [-0.39, 0.29) is 60.5 Å². The van der Waals surface area contributed by atoms with Gasteiger partial charge in [0, 0.05) is 89.4 Å². The topological polar surface area (TPSA) is 169 Å². The summed E-state index contributed by atoms with van der Waals surface area (Å²) in [6.07, 6.45) is 10.2. The fourth-order valence-corrected chi connectivity index (χ4v) is 9.77. The lowest BCUT2D eigenvalue weighted by Gasteiger charge is -2.37. The van der Waals surface area contributed by atoms with Crippen molar-refractivity contribution in [1.82, 2.24) is 44.4 Å². The van der Waals surface area contributed by atoms with Gasteiger partial charge in [-0.15, -0.1) is 0 Å². The molecule has 9 rings (SSSR count). The molecule has 2 N–H and O–H groups in total. The molecule has 0 bridgehead atoms. The third kappa shape index (κ3) is 8.14. The summed E-state index contributed by atoms with van der Waals surface area (Å²) in [6, 6.07) is 8.40. The van der Waals surface area contributed by atoms with Gasteiger partial charge in [0.25, 0.3) is 11.8 Å². The van der Waals surface area contributed by atoms with Crippen molar-refractivity contribution in [1.29, 1.82) is 0 Å². The summed E-state index contributed by atoms with van der Waals surface area (Å²) in [6.45, 7) is 4.98. The second-order valence-electron chi connectivity index (χ2n) is 17.2. The maximum atomic E-state index is 15.4. The summed E-state index contributed by atoms with van der Waals surface area (Å²) in [5.74, 6) is -0.512. The van der Waals surface area contributed by atoms with Crippen LogP contribution in [0.2, 0.25) is 0 Å². The Kier molecular flexibility index (Phi) is 11.2. The minimum Gasteiger partial charge on any atom is -0.367 e. The summed E-state index contributed by atoms with van der Waals surface area (Å²) in [5.41, 5.74) is 3.94. The average molecular weight is 834 g/mol. The molecule has 5 amide bonds. The number of fused-ring (bicyclic) bond motifs is 2. The molecule has 4 aromatic rings. The van der Waals surface area contributed by atoms with E-state index in [1.807, 2.05) is 29.3 Å². The minimum absolute atomic E-state index is 0.00357. The van der Waals surface area contributed by atoms with E-state index >= 15 is 4.39 Å². The standard InChI is InChI=1S/C44H52FN11O5/c1-51(2)43(61)36-22-28-24-47-44(50-40(28)56(36)30-5-3-4-6-30)48-37-9-7-31(25-46-37)53-17-19-54(20-18-53)39(58)13-16-52-14-11-27(12-15-52)32-21-29-26-55(42(60)33(29)23-34(32)45)35-8-10-38(57)49-41(35)59/h7,9,21-25,27,30,35H,3-6,8,10-20,26H2,1-2H3,(H,49,57,59)(H,46,47,48,50). The Morgan fingerprint density at radius 1 is 0.918 bits per heavy atom. The second-order valence-corrected chi connectivity index (χ2v) is 17.2. The van der Waals surface area contributed by atoms with Gasteiger partial charge in [-0.25, -0.2) is 14.4 Å². The molecule has 3 aromatic heterocycles. The molecular weight excluding hydrogens is 782 g/mol. The van der Waals surface area contributed by atoms with Crippen LogP contribution in [0.1, 0.15) is 102 Å². The third-order valence-corrected chi connectivity index (χ3v) is 13.2. The zero-order valence-electron chi connectivity index (χ0n) is 34.7. The normalized spacial score (nSPS) is 20.4. The van der Waals surface area contributed by atoms with Crippen LogP contribution in [0.15, 0.2) is 42.7 Å². The quantitative estimate of drug-likeness (QED) is 0.220. The number of rotatable bonds is 10. The van der Waals surface area contributed by atoms with Gasteiger partial charge in [-0.1, -0.05) is 18.9 Å². The van der Waals surface area contributed by atoms with E-state index in [1.165, 1.54) is 11.0 Å². The lowest BCUT2D eigenvalue weighted by Crippen LogP contribution is -2.52. The molecule has 4 fully saturated rings. The van der Waals surface area contributed by atoms with Gasteiger partial charge >= 0.3 is 0 Å². The zero-order valence-corrected chi connectivity index (χ0v) is 34.7. The Hall–Kier alpha value is -5.97. The van der Waals surface area contributed by atoms with Gasteiger partial charge in [-0.05, 0) is 86.5 Å². The molecule has 16 nitrogen and oxygen atoms in total. The average Bonchev–Trinajstić information content (AvgIpc) is 4.01. The Morgan fingerprint density at radius 3 is 2.39 bits per heavy atom. The molecule has 4 aliphatic heterocycles. The molecule has 7 heterocycles. The fraction of sp³-hybridized carbons (Fsp3) is 0.500. The predicted molar refractivity (Wildman–Crippen MR) is 225 cm³/mol. The monoisotopic (exact) mass is 833 g/mol. The van der Waals surface area contributed by atoms with E-state index in [2.05, 4.69) is 35.0 Å². The van der Waals surface area contributed by atoms with Crippen molar-refractivity contribution in [3.05, 3.63) is 70.9 Å². The number of aromatic nitrogens is 4. The number of pyridine rings is 1. The summed E-state index contributed by atoms with van der Waals surface area (Å²) in [5, 5.41) is 6.38. The number of nitrogens with zero attached hydrogens (tertiary/aromatic N) is 9. The predicted octanol–water partition coefficient (Wildman–Crippen LogP) is 4.21. The Bertz CT molecular complexity index is 2360. The van der Waals surface area contributed by atoms with Crippen LogP contribution in [0.5, 0.6) is 0 Å². The van der Waals surface area contributed by atoms with Crippen molar-refractivity contribution in [2.45, 2.75) is 82.3 Å². The van der Waals surface area contributed by atoms with E-state index < -0.39 is 17.8 Å². The summed E-state index contributed by atoms with van der Waals surface area (Å²) in [7, 11) is 3.53. The van der Waals surface area contributed by atoms with Crippen LogP contribution in [0.25, 0.3) is 11.0 Å². The maximum absolute atomic E-state index is 15.4. The van der Waals surface area contributed by atoms with Gasteiger partial charge in [-0.3, -0.25) is 29.3 Å². The van der Waals surface area contributed by atoms with Gasteiger partial charge < -0.3 is 34.4 Å². The van der Waals surface area contributed by atoms with Gasteiger partial charge in [-0.2, -0.15) is 4.98 Å². The number of anilines is 3. The van der Waals surface area contributed by atoms with E-state index in [9.17, 15) is 24.0 Å². The summed E-state index contributed by atoms with van der Waals surface area (Å²) in [4.78, 5) is 87.0. The summed E-state index contributed by atoms with van der Waals surface area (Å²) >= 11 is 0. The molecule has 17 heteroatoms. The molecule has 320 valence electrons. The molecule has 0 spiro atoms. The Morgan fingerprint density at radius 2 is 1.69 bits per heavy atom. The first-order chi connectivity index (χ1) is 29.5. The molecule has 1 atom stereocenters. The Labute approximate surface area is 353 Å². The van der Waals surface area contributed by atoms with Crippen molar-refractivity contribution >= 4 is 58.0 Å². The SMILES string of the molecule is CN(C)C(=O)c1cc2cnc(Nc3ccc(N4CCN(C(=O)CCN5CCC(c6cc7c(cc6F)C(=O)N(C6CCC(=O)NC6=O)C7)CC5)CC4)cn3)nc2n1C1CCCC1. The molecule has 3 saturated heterocycles. The van der Waals surface area contributed by atoms with E-state index in [1.54, 1.807) is 31.3 Å². The number of hydrogen-bond acceptors (Lipinski definition) is 11. The number of nitrogens with one attached hydrogen (secondary N) is 2. The second kappa shape index (κ2) is 16.8. The van der Waals surface area contributed by atoms with Crippen LogP contribution in [-0.2, 0) is 20.9 Å². The van der Waals surface area contributed by atoms with Crippen molar-refractivity contribution in [2.75, 3.05) is 70.1 Å². The summed E-state index contributed by atoms with van der Waals surface area (Å²) < 4.78 is 17.5. The molecule has 1 aliphatic carbocycles. The highest BCUT2D eigenvalue weighted by atomic mass is 19.1. The lowest BCUT2D eigenvalue weighted by molar-refractivity contribution is -0.137. The number of likely N-dealkylation sites (tertiary alicyclic amines) is 1. The number of piperidine rings is 2. The molecule has 5 aliphatic rings. The van der Waals surface area contributed by atoms with Crippen LogP contribution >= 0.6 is 0 Å². The molecule has 1 unspecified atom stereocenters. The first-order valence-electron chi connectivity index (χ1n) is 21.6. The molecule has 0 radical (unpaired) electrons. The largest absolute Gasteiger partial charge is 0.367 e. The van der Waals surface area contributed by atoms with Crippen LogP contribution < -0.4 is 15.5 Å². The number of halogens is 1. The van der Waals surface area contributed by atoms with Crippen molar-refractivity contribution in [2.24, 2.45) is 0 Å². The number of carbonyl (C=O) groups excluding carboxylic acids is 5. The highest BCUT2D eigenvalue weighted by Gasteiger charge is 2.40. The van der Waals surface area contributed by atoms with Gasteiger partial charge in [0.15, 0.2) is 0 Å². The van der Waals surface area contributed by atoms with Gasteiger partial charge in [0.1, 0.15) is 29.0 Å². The molecule has 1 aromatic carbocycles. The van der Waals surface area contributed by atoms with E-state index in [0.717, 1.165) is 68.3 Å². The highest BCUT2D eigenvalue weighted by Crippen LogP contribution is 2.37. The number of amides is 5. The maximum Gasteiger partial charge on any atom is 0.270 e. The van der Waals surface area contributed by atoms with Crippen molar-refractivity contribution < 1.29 is 28.4 Å². The van der Waals surface area contributed by atoms with Gasteiger partial charge in [0.2, 0.25) is 23.7 Å². The van der Waals surface area contributed by atoms with Crippen molar-refractivity contribution in [3.63, 3.8) is 0 Å².